The van der Waals surface area contributed by atoms with Crippen LogP contribution in [0.25, 0.3) is 0 Å². The molecule has 0 aliphatic heterocycles. The Morgan fingerprint density at radius 1 is 1.35 bits per heavy atom. The van der Waals surface area contributed by atoms with E-state index < -0.39 is 0 Å². The molecule has 2 heterocycles. The van der Waals surface area contributed by atoms with Crippen LogP contribution in [0.15, 0.2) is 22.9 Å². The molecule has 2 aromatic rings. The molecule has 0 saturated carbocycles. The molecule has 20 heavy (non-hydrogen) atoms. The molecule has 0 aliphatic carbocycles. The lowest BCUT2D eigenvalue weighted by Gasteiger charge is -2.20. The molecule has 2 aromatic heterocycles. The fourth-order valence-electron chi connectivity index (χ4n) is 2.20. The Kier molecular flexibility index (Phi) is 5.52. The Balaban J connectivity index is 2.41. The van der Waals surface area contributed by atoms with E-state index in [1.165, 1.54) is 0 Å². The zero-order chi connectivity index (χ0) is 14.5. The van der Waals surface area contributed by atoms with Gasteiger partial charge in [0, 0.05) is 12.1 Å². The molecule has 1 unspecified atom stereocenters. The standard InChI is InChI=1S/C14H19Cl2N3O/c1-3-6-17-12(10-5-8-20-14(10)16)13-11(15)9-18-19(13)7-4-2/h5,8-9,12,17H,3-4,6-7H2,1-2H3. The first-order chi connectivity index (χ1) is 9.69. The maximum atomic E-state index is 6.33. The molecule has 4 nitrogen and oxygen atoms in total. The van der Waals surface area contributed by atoms with Crippen LogP contribution in [0.3, 0.4) is 0 Å². The Morgan fingerprint density at radius 3 is 2.75 bits per heavy atom. The third-order valence-electron chi connectivity index (χ3n) is 3.10. The maximum Gasteiger partial charge on any atom is 0.198 e. The number of aromatic nitrogens is 2. The summed E-state index contributed by atoms with van der Waals surface area (Å²) in [6, 6.07) is 1.76. The molecule has 1 N–H and O–H groups in total. The van der Waals surface area contributed by atoms with Gasteiger partial charge in [-0.05, 0) is 37.1 Å². The summed E-state index contributed by atoms with van der Waals surface area (Å²) in [5.41, 5.74) is 1.82. The van der Waals surface area contributed by atoms with Gasteiger partial charge < -0.3 is 9.73 Å². The zero-order valence-corrected chi connectivity index (χ0v) is 13.2. The van der Waals surface area contributed by atoms with Gasteiger partial charge in [-0.15, -0.1) is 0 Å². The zero-order valence-electron chi connectivity index (χ0n) is 11.7. The summed E-state index contributed by atoms with van der Waals surface area (Å²) in [4.78, 5) is 0. The first kappa shape index (κ1) is 15.4. The van der Waals surface area contributed by atoms with E-state index >= 15 is 0 Å². The SMILES string of the molecule is CCCNC(c1ccoc1Cl)c1c(Cl)cnn1CCC. The average molecular weight is 316 g/mol. The maximum absolute atomic E-state index is 6.33. The molecule has 1 atom stereocenters. The highest BCUT2D eigenvalue weighted by Crippen LogP contribution is 2.33. The Labute approximate surface area is 129 Å². The van der Waals surface area contributed by atoms with Crippen LogP contribution in [-0.2, 0) is 6.54 Å². The topological polar surface area (TPSA) is 43.0 Å². The van der Waals surface area contributed by atoms with Gasteiger partial charge in [-0.3, -0.25) is 4.68 Å². The Bertz CT molecular complexity index is 550. The molecule has 0 aromatic carbocycles. The van der Waals surface area contributed by atoms with Gasteiger partial charge in [0.05, 0.1) is 29.2 Å². The summed E-state index contributed by atoms with van der Waals surface area (Å²) >= 11 is 12.5. The highest BCUT2D eigenvalue weighted by Gasteiger charge is 2.24. The second kappa shape index (κ2) is 7.16. The van der Waals surface area contributed by atoms with Crippen molar-refractivity contribution < 1.29 is 4.42 Å². The summed E-state index contributed by atoms with van der Waals surface area (Å²) in [5, 5.41) is 8.84. The van der Waals surface area contributed by atoms with Crippen molar-refractivity contribution in [3.63, 3.8) is 0 Å². The molecule has 0 radical (unpaired) electrons. The van der Waals surface area contributed by atoms with E-state index in [-0.39, 0.29) is 6.04 Å². The third-order valence-corrected chi connectivity index (χ3v) is 3.70. The summed E-state index contributed by atoms with van der Waals surface area (Å²) in [6.07, 6.45) is 5.28. The molecule has 6 heteroatoms. The van der Waals surface area contributed by atoms with Crippen LogP contribution in [0.1, 0.15) is 44.0 Å². The van der Waals surface area contributed by atoms with Crippen molar-refractivity contribution in [3.05, 3.63) is 40.0 Å². The number of rotatable bonds is 7. The van der Waals surface area contributed by atoms with Crippen molar-refractivity contribution in [1.82, 2.24) is 15.1 Å². The summed E-state index contributed by atoms with van der Waals surface area (Å²) in [5.74, 6) is 0. The lowest BCUT2D eigenvalue weighted by Crippen LogP contribution is -2.26. The van der Waals surface area contributed by atoms with E-state index in [2.05, 4.69) is 24.3 Å². The van der Waals surface area contributed by atoms with Crippen LogP contribution in [0.2, 0.25) is 10.2 Å². The van der Waals surface area contributed by atoms with Crippen LogP contribution in [-0.4, -0.2) is 16.3 Å². The Hall–Kier alpha value is -0.970. The van der Waals surface area contributed by atoms with Crippen LogP contribution < -0.4 is 5.32 Å². The minimum Gasteiger partial charge on any atom is -0.453 e. The molecule has 0 saturated heterocycles. The van der Waals surface area contributed by atoms with Crippen molar-refractivity contribution in [3.8, 4) is 0 Å². The van der Waals surface area contributed by atoms with Gasteiger partial charge in [0.1, 0.15) is 0 Å². The highest BCUT2D eigenvalue weighted by atomic mass is 35.5. The van der Waals surface area contributed by atoms with E-state index in [9.17, 15) is 0 Å². The minimum atomic E-state index is -0.109. The molecule has 0 spiro atoms. The van der Waals surface area contributed by atoms with Crippen molar-refractivity contribution >= 4 is 23.2 Å². The van der Waals surface area contributed by atoms with Gasteiger partial charge in [0.25, 0.3) is 0 Å². The quantitative estimate of drug-likeness (QED) is 0.829. The lowest BCUT2D eigenvalue weighted by molar-refractivity contribution is 0.504. The van der Waals surface area contributed by atoms with Crippen LogP contribution in [0.5, 0.6) is 0 Å². The molecule has 0 aliphatic rings. The number of halogens is 2. The second-order valence-corrected chi connectivity index (χ2v) is 5.39. The van der Waals surface area contributed by atoms with E-state index in [4.69, 9.17) is 27.6 Å². The number of nitrogens with zero attached hydrogens (tertiary/aromatic N) is 2. The molecule has 0 fully saturated rings. The number of furan rings is 1. The van der Waals surface area contributed by atoms with Crippen molar-refractivity contribution in [2.24, 2.45) is 0 Å². The lowest BCUT2D eigenvalue weighted by atomic mass is 10.1. The van der Waals surface area contributed by atoms with E-state index in [1.54, 1.807) is 12.5 Å². The van der Waals surface area contributed by atoms with Crippen molar-refractivity contribution in [2.75, 3.05) is 6.54 Å². The number of nitrogens with one attached hydrogen (secondary N) is 1. The molecule has 0 bridgehead atoms. The van der Waals surface area contributed by atoms with Crippen molar-refractivity contribution in [2.45, 2.75) is 39.3 Å². The predicted octanol–water partition coefficient (Wildman–Crippen LogP) is 4.28. The van der Waals surface area contributed by atoms with Gasteiger partial charge in [0.2, 0.25) is 0 Å². The summed E-state index contributed by atoms with van der Waals surface area (Å²) < 4.78 is 7.15. The second-order valence-electron chi connectivity index (χ2n) is 4.64. The smallest absolute Gasteiger partial charge is 0.198 e. The van der Waals surface area contributed by atoms with Gasteiger partial charge in [-0.2, -0.15) is 5.10 Å². The van der Waals surface area contributed by atoms with Crippen LogP contribution in [0, 0.1) is 0 Å². The number of hydrogen-bond acceptors (Lipinski definition) is 3. The number of aryl methyl sites for hydroxylation is 1. The number of hydrogen-bond donors (Lipinski definition) is 1. The first-order valence-electron chi connectivity index (χ1n) is 6.86. The molecule has 0 amide bonds. The fourth-order valence-corrected chi connectivity index (χ4v) is 2.68. The molecule has 110 valence electrons. The molecular formula is C14H19Cl2N3O. The molecular weight excluding hydrogens is 297 g/mol. The minimum absolute atomic E-state index is 0.109. The molecule has 2 rings (SSSR count). The van der Waals surface area contributed by atoms with E-state index in [1.807, 2.05) is 10.7 Å². The van der Waals surface area contributed by atoms with E-state index in [0.717, 1.165) is 37.2 Å². The van der Waals surface area contributed by atoms with Gasteiger partial charge >= 0.3 is 0 Å². The van der Waals surface area contributed by atoms with Crippen molar-refractivity contribution in [1.29, 1.82) is 0 Å². The highest BCUT2D eigenvalue weighted by molar-refractivity contribution is 6.31. The first-order valence-corrected chi connectivity index (χ1v) is 7.62. The third kappa shape index (κ3) is 3.19. The van der Waals surface area contributed by atoms with E-state index in [0.29, 0.717) is 10.2 Å². The van der Waals surface area contributed by atoms with Crippen LogP contribution in [0.4, 0.5) is 0 Å². The van der Waals surface area contributed by atoms with Gasteiger partial charge in [0.15, 0.2) is 5.22 Å². The van der Waals surface area contributed by atoms with Gasteiger partial charge in [-0.25, -0.2) is 0 Å². The largest absolute Gasteiger partial charge is 0.453 e. The Morgan fingerprint density at radius 2 is 2.15 bits per heavy atom. The monoisotopic (exact) mass is 315 g/mol. The van der Waals surface area contributed by atoms with Gasteiger partial charge in [-0.1, -0.05) is 25.4 Å². The average Bonchev–Trinajstić information content (AvgIpc) is 3.00. The normalized spacial score (nSPS) is 12.8. The fraction of sp³-hybridized carbons (Fsp3) is 0.500. The predicted molar refractivity (Wildman–Crippen MR) is 81.4 cm³/mol. The van der Waals surface area contributed by atoms with Crippen LogP contribution >= 0.6 is 23.2 Å². The summed E-state index contributed by atoms with van der Waals surface area (Å²) in [6.45, 7) is 5.91. The summed E-state index contributed by atoms with van der Waals surface area (Å²) in [7, 11) is 0.